The van der Waals surface area contributed by atoms with E-state index in [1.165, 1.54) is 0 Å². The molecule has 1 aromatic heterocycles. The Bertz CT molecular complexity index is 966. The van der Waals surface area contributed by atoms with Crippen LogP contribution in [-0.4, -0.2) is 29.3 Å². The zero-order valence-corrected chi connectivity index (χ0v) is 18.1. The van der Waals surface area contributed by atoms with E-state index in [-0.39, 0.29) is 23.9 Å². The number of nitrogens with one attached hydrogen (secondary N) is 2. The van der Waals surface area contributed by atoms with Gasteiger partial charge >= 0.3 is 0 Å². The first-order chi connectivity index (χ1) is 14.0. The highest BCUT2D eigenvalue weighted by atomic mass is 35.5. The number of halogens is 3. The number of nitrogens with zero attached hydrogens (tertiary/aromatic N) is 2. The van der Waals surface area contributed by atoms with Gasteiger partial charge in [-0.1, -0.05) is 41.4 Å². The van der Waals surface area contributed by atoms with Crippen molar-refractivity contribution >= 4 is 47.3 Å². The topological polar surface area (TPSA) is 115 Å². The van der Waals surface area contributed by atoms with E-state index in [0.717, 1.165) is 16.9 Å². The number of ether oxygens (including phenoxy) is 1. The molecule has 1 amide bonds. The van der Waals surface area contributed by atoms with Crippen LogP contribution >= 0.6 is 35.6 Å². The molecule has 0 saturated heterocycles. The number of carbonyl (C=O) groups is 1. The SMILES string of the molecule is Cl.Nc1nonc1C(=O)NCCNCc1ccc(OCc2ccc(Cl)cc2Cl)cc1. The maximum absolute atomic E-state index is 11.8. The first kappa shape index (κ1) is 23.8. The van der Waals surface area contributed by atoms with Crippen LogP contribution in [0.4, 0.5) is 5.82 Å². The summed E-state index contributed by atoms with van der Waals surface area (Å²) in [5.41, 5.74) is 7.40. The van der Waals surface area contributed by atoms with Gasteiger partial charge in [-0.25, -0.2) is 4.63 Å². The van der Waals surface area contributed by atoms with Crippen molar-refractivity contribution in [3.8, 4) is 5.75 Å². The van der Waals surface area contributed by atoms with E-state index < -0.39 is 5.91 Å². The van der Waals surface area contributed by atoms with E-state index in [1.807, 2.05) is 30.3 Å². The van der Waals surface area contributed by atoms with Crippen LogP contribution < -0.4 is 21.1 Å². The molecule has 0 aliphatic rings. The van der Waals surface area contributed by atoms with E-state index in [0.29, 0.717) is 36.3 Å². The van der Waals surface area contributed by atoms with Crippen molar-refractivity contribution in [2.75, 3.05) is 18.8 Å². The first-order valence-corrected chi connectivity index (χ1v) is 9.51. The van der Waals surface area contributed by atoms with E-state index in [2.05, 4.69) is 25.6 Å². The second-order valence-electron chi connectivity index (χ2n) is 6.10. The highest BCUT2D eigenvalue weighted by Crippen LogP contribution is 2.22. The molecule has 0 atom stereocenters. The Balaban J connectivity index is 0.00000320. The molecule has 1 heterocycles. The third-order valence-electron chi connectivity index (χ3n) is 3.98. The van der Waals surface area contributed by atoms with Gasteiger partial charge in [0.25, 0.3) is 5.91 Å². The molecule has 3 rings (SSSR count). The van der Waals surface area contributed by atoms with Crippen LogP contribution in [0.25, 0.3) is 0 Å². The number of anilines is 1. The lowest BCUT2D eigenvalue weighted by Crippen LogP contribution is -2.32. The number of carbonyl (C=O) groups excluding carboxylic acids is 1. The fourth-order valence-electron chi connectivity index (χ4n) is 2.44. The molecule has 2 aromatic carbocycles. The minimum atomic E-state index is -0.423. The summed E-state index contributed by atoms with van der Waals surface area (Å²) in [4.78, 5) is 11.8. The minimum Gasteiger partial charge on any atom is -0.489 e. The van der Waals surface area contributed by atoms with Crippen molar-refractivity contribution in [3.63, 3.8) is 0 Å². The second kappa shape index (κ2) is 11.6. The molecule has 0 saturated carbocycles. The summed E-state index contributed by atoms with van der Waals surface area (Å²) in [6.07, 6.45) is 0. The van der Waals surface area contributed by atoms with Gasteiger partial charge in [-0.3, -0.25) is 4.79 Å². The Kier molecular flexibility index (Phi) is 9.19. The van der Waals surface area contributed by atoms with Gasteiger partial charge in [-0.2, -0.15) is 0 Å². The standard InChI is InChI=1S/C19H19Cl2N5O3.ClH/c20-14-4-3-13(16(21)9-14)11-28-15-5-1-12(2-6-15)10-23-7-8-24-19(27)17-18(22)26-29-25-17;/h1-6,9,23H,7-8,10-11H2,(H2,22,26)(H,24,27);1H. The van der Waals surface area contributed by atoms with Crippen LogP contribution in [0.2, 0.25) is 10.0 Å². The zero-order chi connectivity index (χ0) is 20.6. The largest absolute Gasteiger partial charge is 0.489 e. The fourth-order valence-corrected chi connectivity index (χ4v) is 2.90. The van der Waals surface area contributed by atoms with E-state index >= 15 is 0 Å². The molecule has 0 bridgehead atoms. The summed E-state index contributed by atoms with van der Waals surface area (Å²) in [6, 6.07) is 13.0. The molecule has 160 valence electrons. The monoisotopic (exact) mass is 471 g/mol. The Morgan fingerprint density at radius 3 is 2.53 bits per heavy atom. The normalized spacial score (nSPS) is 10.3. The maximum atomic E-state index is 11.8. The summed E-state index contributed by atoms with van der Waals surface area (Å²) >= 11 is 12.0. The zero-order valence-electron chi connectivity index (χ0n) is 15.7. The lowest BCUT2D eigenvalue weighted by Gasteiger charge is -2.10. The average Bonchev–Trinajstić information content (AvgIpc) is 3.14. The molecule has 0 aliphatic carbocycles. The molecule has 0 radical (unpaired) electrons. The molecule has 4 N–H and O–H groups in total. The van der Waals surface area contributed by atoms with Crippen LogP contribution in [0.1, 0.15) is 21.6 Å². The number of hydrogen-bond donors (Lipinski definition) is 3. The highest BCUT2D eigenvalue weighted by molar-refractivity contribution is 6.35. The fraction of sp³-hybridized carbons (Fsp3) is 0.211. The van der Waals surface area contributed by atoms with Crippen molar-refractivity contribution in [2.24, 2.45) is 0 Å². The van der Waals surface area contributed by atoms with Gasteiger partial charge in [-0.15, -0.1) is 12.4 Å². The summed E-state index contributed by atoms with van der Waals surface area (Å²) in [6.45, 7) is 1.99. The quantitative estimate of drug-likeness (QED) is 0.408. The summed E-state index contributed by atoms with van der Waals surface area (Å²) in [5.74, 6) is 0.287. The third kappa shape index (κ3) is 6.77. The third-order valence-corrected chi connectivity index (χ3v) is 4.57. The number of hydrogen-bond acceptors (Lipinski definition) is 7. The van der Waals surface area contributed by atoms with Crippen molar-refractivity contribution in [3.05, 3.63) is 69.3 Å². The van der Waals surface area contributed by atoms with Crippen LogP contribution in [0.5, 0.6) is 5.75 Å². The Morgan fingerprint density at radius 2 is 1.87 bits per heavy atom. The van der Waals surface area contributed by atoms with Crippen LogP contribution in [0, 0.1) is 0 Å². The van der Waals surface area contributed by atoms with Crippen molar-refractivity contribution < 1.29 is 14.2 Å². The molecule has 0 unspecified atom stereocenters. The van der Waals surface area contributed by atoms with Crippen LogP contribution in [0.15, 0.2) is 47.1 Å². The lowest BCUT2D eigenvalue weighted by molar-refractivity contribution is 0.0944. The second-order valence-corrected chi connectivity index (χ2v) is 6.94. The van der Waals surface area contributed by atoms with E-state index in [9.17, 15) is 4.79 Å². The minimum absolute atomic E-state index is 0. The van der Waals surface area contributed by atoms with Gasteiger partial charge in [0.1, 0.15) is 12.4 Å². The Hall–Kier alpha value is -2.52. The number of benzene rings is 2. The maximum Gasteiger partial charge on any atom is 0.277 e. The smallest absolute Gasteiger partial charge is 0.277 e. The molecule has 8 nitrogen and oxygen atoms in total. The van der Waals surface area contributed by atoms with E-state index in [4.69, 9.17) is 33.7 Å². The molecule has 3 aromatic rings. The van der Waals surface area contributed by atoms with Gasteiger partial charge in [0.2, 0.25) is 11.5 Å². The number of rotatable bonds is 9. The molecule has 0 fully saturated rings. The first-order valence-electron chi connectivity index (χ1n) is 8.75. The molecular weight excluding hydrogens is 453 g/mol. The Labute approximate surface area is 189 Å². The van der Waals surface area contributed by atoms with Crippen molar-refractivity contribution in [1.29, 1.82) is 0 Å². The average molecular weight is 473 g/mol. The Morgan fingerprint density at radius 1 is 1.10 bits per heavy atom. The summed E-state index contributed by atoms with van der Waals surface area (Å²) in [5, 5.41) is 13.9. The van der Waals surface area contributed by atoms with Gasteiger partial charge < -0.3 is 21.1 Å². The van der Waals surface area contributed by atoms with Crippen LogP contribution in [-0.2, 0) is 13.2 Å². The van der Waals surface area contributed by atoms with Gasteiger partial charge in [0.15, 0.2) is 0 Å². The van der Waals surface area contributed by atoms with Crippen molar-refractivity contribution in [1.82, 2.24) is 20.9 Å². The van der Waals surface area contributed by atoms with Gasteiger partial charge in [-0.05, 0) is 40.1 Å². The summed E-state index contributed by atoms with van der Waals surface area (Å²) < 4.78 is 10.1. The number of amides is 1. The molecule has 11 heteroatoms. The van der Waals surface area contributed by atoms with Gasteiger partial charge in [0.05, 0.1) is 0 Å². The molecule has 0 aliphatic heterocycles. The predicted octanol–water partition coefficient (Wildman–Crippen LogP) is 3.48. The molecule has 0 spiro atoms. The number of aromatic nitrogens is 2. The predicted molar refractivity (Wildman–Crippen MR) is 117 cm³/mol. The highest BCUT2D eigenvalue weighted by Gasteiger charge is 2.14. The van der Waals surface area contributed by atoms with Gasteiger partial charge in [0, 0.05) is 35.2 Å². The number of nitrogens with two attached hydrogens (primary N) is 1. The van der Waals surface area contributed by atoms with Crippen molar-refractivity contribution in [2.45, 2.75) is 13.2 Å². The molecular formula is C19H20Cl3N5O3. The number of nitrogen functional groups attached to an aromatic ring is 1. The van der Waals surface area contributed by atoms with E-state index in [1.54, 1.807) is 12.1 Å². The molecule has 30 heavy (non-hydrogen) atoms. The van der Waals surface area contributed by atoms with Crippen LogP contribution in [0.3, 0.4) is 0 Å². The summed E-state index contributed by atoms with van der Waals surface area (Å²) in [7, 11) is 0. The lowest BCUT2D eigenvalue weighted by atomic mass is 10.2.